The molecule has 4 rings (SSSR count). The first-order chi connectivity index (χ1) is 11.8. The van der Waals surface area contributed by atoms with Crippen molar-refractivity contribution < 1.29 is 4.52 Å². The smallest absolute Gasteiger partial charge is 0.151 e. The van der Waals surface area contributed by atoms with Crippen LogP contribution in [0.4, 0.5) is 0 Å². The molecule has 0 fully saturated rings. The standard InChI is InChI=1S/C19H22N4O/c1-22(13-15-7-9-23-10-8-20-19(23)11-15)14-17-12-18(21-24-17)16-5-3-2-4-6-16/h2-6,8,10,12,15H,7,9,11,13-14H2,1H3. The molecule has 1 atom stereocenters. The Labute approximate surface area is 141 Å². The summed E-state index contributed by atoms with van der Waals surface area (Å²) in [6.07, 6.45) is 6.25. The lowest BCUT2D eigenvalue weighted by Gasteiger charge is -2.27. The van der Waals surface area contributed by atoms with E-state index in [4.69, 9.17) is 4.52 Å². The van der Waals surface area contributed by atoms with Crippen LogP contribution in [0.2, 0.25) is 0 Å². The molecular formula is C19H22N4O. The molecule has 0 saturated heterocycles. The average Bonchev–Trinajstić information content (AvgIpc) is 3.24. The predicted octanol–water partition coefficient (Wildman–Crippen LogP) is 3.23. The number of benzene rings is 1. The fraction of sp³-hybridized carbons (Fsp3) is 0.368. The molecule has 124 valence electrons. The zero-order chi connectivity index (χ0) is 16.4. The first-order valence-corrected chi connectivity index (χ1v) is 8.47. The lowest BCUT2D eigenvalue weighted by molar-refractivity contribution is 0.216. The van der Waals surface area contributed by atoms with Crippen LogP contribution in [0.1, 0.15) is 18.0 Å². The minimum atomic E-state index is 0.654. The predicted molar refractivity (Wildman–Crippen MR) is 92.3 cm³/mol. The van der Waals surface area contributed by atoms with Gasteiger partial charge in [0.25, 0.3) is 0 Å². The molecule has 1 aromatic carbocycles. The summed E-state index contributed by atoms with van der Waals surface area (Å²) in [6, 6.07) is 12.2. The van der Waals surface area contributed by atoms with Gasteiger partial charge in [0.05, 0.1) is 6.54 Å². The van der Waals surface area contributed by atoms with Gasteiger partial charge in [-0.3, -0.25) is 4.90 Å². The van der Waals surface area contributed by atoms with Crippen molar-refractivity contribution in [1.82, 2.24) is 19.6 Å². The Hall–Kier alpha value is -2.40. The number of rotatable bonds is 5. The number of hydrogen-bond donors (Lipinski definition) is 0. The summed E-state index contributed by atoms with van der Waals surface area (Å²) in [4.78, 5) is 6.77. The van der Waals surface area contributed by atoms with Crippen LogP contribution in [-0.4, -0.2) is 33.2 Å². The molecule has 1 unspecified atom stereocenters. The number of fused-ring (bicyclic) bond motifs is 1. The van der Waals surface area contributed by atoms with Gasteiger partial charge in [-0.15, -0.1) is 0 Å². The molecule has 5 nitrogen and oxygen atoms in total. The van der Waals surface area contributed by atoms with Gasteiger partial charge in [-0.05, 0) is 19.4 Å². The van der Waals surface area contributed by atoms with Crippen molar-refractivity contribution in [2.45, 2.75) is 25.9 Å². The van der Waals surface area contributed by atoms with Crippen molar-refractivity contribution in [2.75, 3.05) is 13.6 Å². The average molecular weight is 322 g/mol. The summed E-state index contributed by atoms with van der Waals surface area (Å²) in [7, 11) is 2.14. The number of aryl methyl sites for hydroxylation is 1. The molecule has 3 heterocycles. The second kappa shape index (κ2) is 6.61. The number of imidazole rings is 1. The molecule has 2 aromatic heterocycles. The molecule has 1 aliphatic rings. The van der Waals surface area contributed by atoms with Gasteiger partial charge >= 0.3 is 0 Å². The highest BCUT2D eigenvalue weighted by Gasteiger charge is 2.21. The molecule has 3 aromatic rings. The Balaban J connectivity index is 1.35. The van der Waals surface area contributed by atoms with Crippen LogP contribution in [0.3, 0.4) is 0 Å². The second-order valence-electron chi connectivity index (χ2n) is 6.64. The van der Waals surface area contributed by atoms with Crippen LogP contribution in [0, 0.1) is 5.92 Å². The zero-order valence-electron chi connectivity index (χ0n) is 13.9. The van der Waals surface area contributed by atoms with E-state index in [1.54, 1.807) is 0 Å². The van der Waals surface area contributed by atoms with E-state index in [-0.39, 0.29) is 0 Å². The van der Waals surface area contributed by atoms with Crippen LogP contribution in [0.15, 0.2) is 53.3 Å². The molecule has 0 radical (unpaired) electrons. The molecule has 0 spiro atoms. The topological polar surface area (TPSA) is 47.1 Å². The Bertz CT molecular complexity index is 793. The summed E-state index contributed by atoms with van der Waals surface area (Å²) in [6.45, 7) is 2.91. The number of hydrogen-bond acceptors (Lipinski definition) is 4. The van der Waals surface area contributed by atoms with Gasteiger partial charge in [0, 0.05) is 43.5 Å². The number of aromatic nitrogens is 3. The minimum Gasteiger partial charge on any atom is -0.359 e. The monoisotopic (exact) mass is 322 g/mol. The lowest BCUT2D eigenvalue weighted by Crippen LogP contribution is -2.30. The molecule has 0 saturated carbocycles. The van der Waals surface area contributed by atoms with Crippen LogP contribution in [0.25, 0.3) is 11.3 Å². The van der Waals surface area contributed by atoms with Gasteiger partial charge in [0.1, 0.15) is 11.5 Å². The third-order valence-corrected chi connectivity index (χ3v) is 4.68. The van der Waals surface area contributed by atoms with Crippen molar-refractivity contribution in [3.63, 3.8) is 0 Å². The summed E-state index contributed by atoms with van der Waals surface area (Å²) in [5.74, 6) is 2.78. The van der Waals surface area contributed by atoms with Gasteiger partial charge in [-0.2, -0.15) is 0 Å². The van der Waals surface area contributed by atoms with E-state index < -0.39 is 0 Å². The maximum absolute atomic E-state index is 5.51. The zero-order valence-corrected chi connectivity index (χ0v) is 13.9. The Morgan fingerprint density at radius 1 is 1.29 bits per heavy atom. The van der Waals surface area contributed by atoms with Crippen LogP contribution < -0.4 is 0 Å². The van der Waals surface area contributed by atoms with Crippen LogP contribution in [0.5, 0.6) is 0 Å². The summed E-state index contributed by atoms with van der Waals surface area (Å²) < 4.78 is 7.78. The minimum absolute atomic E-state index is 0.654. The molecule has 0 bridgehead atoms. The number of nitrogens with zero attached hydrogens (tertiary/aromatic N) is 4. The Kier molecular flexibility index (Phi) is 4.17. The largest absolute Gasteiger partial charge is 0.359 e. The maximum atomic E-state index is 5.51. The SMILES string of the molecule is CN(Cc1cc(-c2ccccc2)no1)CC1CCn2ccnc2C1. The first-order valence-electron chi connectivity index (χ1n) is 8.47. The van der Waals surface area contributed by atoms with E-state index in [1.807, 2.05) is 30.5 Å². The highest BCUT2D eigenvalue weighted by molar-refractivity contribution is 5.58. The molecule has 24 heavy (non-hydrogen) atoms. The fourth-order valence-corrected chi connectivity index (χ4v) is 3.48. The van der Waals surface area contributed by atoms with E-state index in [2.05, 4.69) is 45.0 Å². The quantitative estimate of drug-likeness (QED) is 0.723. The molecule has 0 amide bonds. The third kappa shape index (κ3) is 3.26. The second-order valence-corrected chi connectivity index (χ2v) is 6.64. The van der Waals surface area contributed by atoms with Crippen LogP contribution >= 0.6 is 0 Å². The van der Waals surface area contributed by atoms with Crippen molar-refractivity contribution in [3.05, 3.63) is 60.4 Å². The maximum Gasteiger partial charge on any atom is 0.151 e. The molecule has 5 heteroatoms. The van der Waals surface area contributed by atoms with Crippen molar-refractivity contribution >= 4 is 0 Å². The van der Waals surface area contributed by atoms with Crippen molar-refractivity contribution in [1.29, 1.82) is 0 Å². The summed E-state index contributed by atoms with van der Waals surface area (Å²) >= 11 is 0. The van der Waals surface area contributed by atoms with Crippen molar-refractivity contribution in [3.8, 4) is 11.3 Å². The highest BCUT2D eigenvalue weighted by Crippen LogP contribution is 2.22. The fourth-order valence-electron chi connectivity index (χ4n) is 3.48. The van der Waals surface area contributed by atoms with E-state index in [0.717, 1.165) is 43.1 Å². The third-order valence-electron chi connectivity index (χ3n) is 4.68. The van der Waals surface area contributed by atoms with Crippen LogP contribution in [-0.2, 0) is 19.5 Å². The van der Waals surface area contributed by atoms with E-state index in [9.17, 15) is 0 Å². The lowest BCUT2D eigenvalue weighted by atomic mass is 9.97. The first kappa shape index (κ1) is 15.1. The van der Waals surface area contributed by atoms with Gasteiger partial charge < -0.3 is 9.09 Å². The molecule has 1 aliphatic heterocycles. The molecular weight excluding hydrogens is 300 g/mol. The normalized spacial score (nSPS) is 17.2. The van der Waals surface area contributed by atoms with Crippen molar-refractivity contribution in [2.24, 2.45) is 5.92 Å². The van der Waals surface area contributed by atoms with E-state index in [1.165, 1.54) is 12.2 Å². The van der Waals surface area contributed by atoms with Gasteiger partial charge in [0.2, 0.25) is 0 Å². The van der Waals surface area contributed by atoms with Gasteiger partial charge in [-0.25, -0.2) is 4.98 Å². The molecule has 0 aliphatic carbocycles. The Morgan fingerprint density at radius 3 is 3.04 bits per heavy atom. The summed E-state index contributed by atoms with van der Waals surface area (Å²) in [5.41, 5.74) is 1.99. The van der Waals surface area contributed by atoms with Gasteiger partial charge in [0.15, 0.2) is 5.76 Å². The highest BCUT2D eigenvalue weighted by atomic mass is 16.5. The molecule has 0 N–H and O–H groups in total. The Morgan fingerprint density at radius 2 is 2.17 bits per heavy atom. The van der Waals surface area contributed by atoms with E-state index >= 15 is 0 Å². The summed E-state index contributed by atoms with van der Waals surface area (Å²) in [5, 5.41) is 4.19. The van der Waals surface area contributed by atoms with Gasteiger partial charge in [-0.1, -0.05) is 35.5 Å². The van der Waals surface area contributed by atoms with E-state index in [0.29, 0.717) is 5.92 Å².